The highest BCUT2D eigenvalue weighted by atomic mass is 32.2. The molecule has 5 heteroatoms. The van der Waals surface area contributed by atoms with E-state index < -0.39 is 0 Å². The molecule has 2 aromatic carbocycles. The van der Waals surface area contributed by atoms with Gasteiger partial charge >= 0.3 is 0 Å². The largest absolute Gasteiger partial charge is 0.326 e. The van der Waals surface area contributed by atoms with Crippen LogP contribution in [0.2, 0.25) is 0 Å². The van der Waals surface area contributed by atoms with Gasteiger partial charge in [0.2, 0.25) is 11.8 Å². The van der Waals surface area contributed by atoms with E-state index in [0.29, 0.717) is 23.0 Å². The van der Waals surface area contributed by atoms with Gasteiger partial charge in [-0.1, -0.05) is 32.0 Å². The molecule has 2 aromatic rings. The Balaban J connectivity index is 1.94. The van der Waals surface area contributed by atoms with Crippen LogP contribution >= 0.6 is 11.8 Å². The minimum Gasteiger partial charge on any atom is -0.326 e. The summed E-state index contributed by atoms with van der Waals surface area (Å²) in [6.07, 6.45) is 0.316. The molecule has 0 saturated carbocycles. The highest BCUT2D eigenvalue weighted by Gasteiger charge is 2.06. The van der Waals surface area contributed by atoms with Crippen LogP contribution in [0.15, 0.2) is 53.4 Å². The van der Waals surface area contributed by atoms with Crippen molar-refractivity contribution in [1.82, 2.24) is 0 Å². The van der Waals surface area contributed by atoms with Crippen LogP contribution in [0.3, 0.4) is 0 Å². The molecule has 0 saturated heterocycles. The highest BCUT2D eigenvalue weighted by Crippen LogP contribution is 2.23. The van der Waals surface area contributed by atoms with Crippen molar-refractivity contribution in [3.63, 3.8) is 0 Å². The summed E-state index contributed by atoms with van der Waals surface area (Å²) in [6.45, 7) is 5.76. The Kier molecular flexibility index (Phi) is 6.44. The zero-order valence-corrected chi connectivity index (χ0v) is 14.9. The average Bonchev–Trinajstić information content (AvgIpc) is 2.48. The van der Waals surface area contributed by atoms with Crippen LogP contribution in [0.5, 0.6) is 0 Å². The van der Waals surface area contributed by atoms with Gasteiger partial charge in [-0.3, -0.25) is 9.59 Å². The quantitative estimate of drug-likeness (QED) is 0.768. The van der Waals surface area contributed by atoms with Gasteiger partial charge in [-0.25, -0.2) is 0 Å². The molecule has 2 amide bonds. The SMILES string of the molecule is CC(=O)Nc1cccc(NC(=O)Cc2ccc(SC(C)C)cc2)c1. The molecule has 0 atom stereocenters. The molecule has 0 aliphatic carbocycles. The molecule has 0 fully saturated rings. The maximum atomic E-state index is 12.2. The topological polar surface area (TPSA) is 58.2 Å². The number of thioether (sulfide) groups is 1. The lowest BCUT2D eigenvalue weighted by atomic mass is 10.1. The predicted octanol–water partition coefficient (Wildman–Crippen LogP) is 4.33. The average molecular weight is 342 g/mol. The Bertz CT molecular complexity index is 712. The summed E-state index contributed by atoms with van der Waals surface area (Å²) in [5, 5.41) is 6.09. The lowest BCUT2D eigenvalue weighted by Crippen LogP contribution is -2.14. The number of hydrogen-bond donors (Lipinski definition) is 2. The van der Waals surface area contributed by atoms with E-state index in [9.17, 15) is 9.59 Å². The first-order chi connectivity index (χ1) is 11.4. The fourth-order valence-corrected chi connectivity index (χ4v) is 3.06. The minimum atomic E-state index is -0.141. The molecule has 0 heterocycles. The number of anilines is 2. The molecule has 4 nitrogen and oxygen atoms in total. The summed E-state index contributed by atoms with van der Waals surface area (Å²) in [6, 6.07) is 15.2. The van der Waals surface area contributed by atoms with Crippen molar-refractivity contribution in [1.29, 1.82) is 0 Å². The molecule has 2 N–H and O–H groups in total. The molecule has 0 aliphatic rings. The molecule has 0 radical (unpaired) electrons. The fourth-order valence-electron chi connectivity index (χ4n) is 2.23. The van der Waals surface area contributed by atoms with Gasteiger partial charge in [-0.15, -0.1) is 11.8 Å². The number of amides is 2. The van der Waals surface area contributed by atoms with Gasteiger partial charge < -0.3 is 10.6 Å². The first kappa shape index (κ1) is 18.1. The molecule has 24 heavy (non-hydrogen) atoms. The molecule has 0 bridgehead atoms. The van der Waals surface area contributed by atoms with Crippen molar-refractivity contribution >= 4 is 35.0 Å². The first-order valence-corrected chi connectivity index (χ1v) is 8.73. The van der Waals surface area contributed by atoms with Gasteiger partial charge in [0, 0.05) is 28.4 Å². The second-order valence-electron chi connectivity index (χ2n) is 5.80. The normalized spacial score (nSPS) is 10.5. The van der Waals surface area contributed by atoms with E-state index in [1.54, 1.807) is 36.0 Å². The Morgan fingerprint density at radius 3 is 2.21 bits per heavy atom. The molecular weight excluding hydrogens is 320 g/mol. The van der Waals surface area contributed by atoms with Crippen molar-refractivity contribution in [3.05, 3.63) is 54.1 Å². The zero-order valence-electron chi connectivity index (χ0n) is 14.1. The third kappa shape index (κ3) is 6.08. The van der Waals surface area contributed by atoms with Crippen LogP contribution in [-0.4, -0.2) is 17.1 Å². The summed E-state index contributed by atoms with van der Waals surface area (Å²) in [5.41, 5.74) is 2.30. The Morgan fingerprint density at radius 2 is 1.62 bits per heavy atom. The Morgan fingerprint density at radius 1 is 1.00 bits per heavy atom. The molecule has 0 aromatic heterocycles. The van der Waals surface area contributed by atoms with E-state index in [1.807, 2.05) is 24.3 Å². The maximum absolute atomic E-state index is 12.2. The molecule has 126 valence electrons. The van der Waals surface area contributed by atoms with Gasteiger partial charge in [0.1, 0.15) is 0 Å². The monoisotopic (exact) mass is 342 g/mol. The summed E-state index contributed by atoms with van der Waals surface area (Å²) >= 11 is 1.80. The lowest BCUT2D eigenvalue weighted by molar-refractivity contribution is -0.115. The van der Waals surface area contributed by atoms with Gasteiger partial charge in [-0.2, -0.15) is 0 Å². The number of hydrogen-bond acceptors (Lipinski definition) is 3. The zero-order chi connectivity index (χ0) is 17.5. The van der Waals surface area contributed by atoms with Crippen LogP contribution in [0.1, 0.15) is 26.3 Å². The van der Waals surface area contributed by atoms with E-state index in [-0.39, 0.29) is 11.8 Å². The Hall–Kier alpha value is -2.27. The molecule has 0 aliphatic heterocycles. The Labute approximate surface area is 147 Å². The van der Waals surface area contributed by atoms with Gasteiger partial charge in [0.05, 0.1) is 6.42 Å². The molecule has 0 spiro atoms. The second kappa shape index (κ2) is 8.55. The summed E-state index contributed by atoms with van der Waals surface area (Å²) < 4.78 is 0. The van der Waals surface area contributed by atoms with E-state index in [1.165, 1.54) is 11.8 Å². The predicted molar refractivity (Wildman–Crippen MR) is 101 cm³/mol. The minimum absolute atomic E-state index is 0.0840. The number of benzene rings is 2. The number of rotatable bonds is 6. The van der Waals surface area contributed by atoms with Gasteiger partial charge in [0.25, 0.3) is 0 Å². The summed E-state index contributed by atoms with van der Waals surface area (Å²) in [4.78, 5) is 24.5. The van der Waals surface area contributed by atoms with E-state index >= 15 is 0 Å². The smallest absolute Gasteiger partial charge is 0.228 e. The van der Waals surface area contributed by atoms with Crippen molar-refractivity contribution in [2.75, 3.05) is 10.6 Å². The van der Waals surface area contributed by atoms with Crippen LogP contribution < -0.4 is 10.6 Å². The van der Waals surface area contributed by atoms with Crippen molar-refractivity contribution in [2.24, 2.45) is 0 Å². The fraction of sp³-hybridized carbons (Fsp3) is 0.263. The van der Waals surface area contributed by atoms with E-state index in [2.05, 4.69) is 24.5 Å². The number of nitrogens with one attached hydrogen (secondary N) is 2. The van der Waals surface area contributed by atoms with Gasteiger partial charge in [-0.05, 0) is 35.9 Å². The highest BCUT2D eigenvalue weighted by molar-refractivity contribution is 7.99. The second-order valence-corrected chi connectivity index (χ2v) is 7.45. The number of carbonyl (C=O) groups excluding carboxylic acids is 2. The molecule has 2 rings (SSSR count). The standard InChI is InChI=1S/C19H22N2O2S/c1-13(2)24-18-9-7-15(8-10-18)11-19(23)21-17-6-4-5-16(12-17)20-14(3)22/h4-10,12-13H,11H2,1-3H3,(H,20,22)(H,21,23). The van der Waals surface area contributed by atoms with Crippen molar-refractivity contribution in [2.45, 2.75) is 37.3 Å². The van der Waals surface area contributed by atoms with Crippen molar-refractivity contribution in [3.8, 4) is 0 Å². The maximum Gasteiger partial charge on any atom is 0.228 e. The van der Waals surface area contributed by atoms with Crippen LogP contribution in [-0.2, 0) is 16.0 Å². The van der Waals surface area contributed by atoms with Crippen molar-refractivity contribution < 1.29 is 9.59 Å². The van der Waals surface area contributed by atoms with E-state index in [4.69, 9.17) is 0 Å². The molecular formula is C19H22N2O2S. The molecule has 0 unspecified atom stereocenters. The number of carbonyl (C=O) groups is 2. The summed E-state index contributed by atoms with van der Waals surface area (Å²) in [5.74, 6) is -0.225. The van der Waals surface area contributed by atoms with Crippen LogP contribution in [0.4, 0.5) is 11.4 Å². The third-order valence-electron chi connectivity index (χ3n) is 3.13. The van der Waals surface area contributed by atoms with Crippen LogP contribution in [0, 0.1) is 0 Å². The van der Waals surface area contributed by atoms with Crippen LogP contribution in [0.25, 0.3) is 0 Å². The third-order valence-corrected chi connectivity index (χ3v) is 4.14. The summed E-state index contributed by atoms with van der Waals surface area (Å²) in [7, 11) is 0. The lowest BCUT2D eigenvalue weighted by Gasteiger charge is -2.09. The van der Waals surface area contributed by atoms with E-state index in [0.717, 1.165) is 5.56 Å². The first-order valence-electron chi connectivity index (χ1n) is 7.85. The van der Waals surface area contributed by atoms with Gasteiger partial charge in [0.15, 0.2) is 0 Å².